The number of esters is 1. The normalized spacial score (nSPS) is 21.8. The van der Waals surface area contributed by atoms with Crippen LogP contribution in [0.2, 0.25) is 0 Å². The minimum atomic E-state index is -0.617. The van der Waals surface area contributed by atoms with E-state index in [0.717, 1.165) is 24.0 Å². The molecule has 1 aliphatic heterocycles. The number of hydrogen-bond donors (Lipinski definition) is 1. The van der Waals surface area contributed by atoms with Crippen LogP contribution < -0.4 is 5.73 Å². The van der Waals surface area contributed by atoms with Crippen molar-refractivity contribution in [2.45, 2.75) is 38.5 Å². The van der Waals surface area contributed by atoms with E-state index in [-0.39, 0.29) is 24.4 Å². The Morgan fingerprint density at radius 3 is 2.95 bits per heavy atom. The first kappa shape index (κ1) is 16.0. The quantitative estimate of drug-likeness (QED) is 0.866. The molecule has 2 atom stereocenters. The summed E-state index contributed by atoms with van der Waals surface area (Å²) in [6.07, 6.45) is 1.31. The highest BCUT2D eigenvalue weighted by atomic mass is 35.5. The van der Waals surface area contributed by atoms with Crippen molar-refractivity contribution in [1.82, 2.24) is 0 Å². The van der Waals surface area contributed by atoms with Crippen molar-refractivity contribution in [3.8, 4) is 0 Å². The molecular weight excluding hydrogens is 266 g/mol. The molecule has 0 bridgehead atoms. The Morgan fingerprint density at radius 2 is 2.21 bits per heavy atom. The van der Waals surface area contributed by atoms with Gasteiger partial charge in [-0.2, -0.15) is 0 Å². The fraction of sp³-hybridized carbons (Fsp3) is 0.500. The van der Waals surface area contributed by atoms with Crippen molar-refractivity contribution in [2.24, 2.45) is 5.73 Å². The minimum Gasteiger partial charge on any atom is -0.431 e. The molecule has 0 fully saturated rings. The van der Waals surface area contributed by atoms with Crippen LogP contribution in [0.25, 0.3) is 0 Å². The largest absolute Gasteiger partial charge is 0.431 e. The van der Waals surface area contributed by atoms with Gasteiger partial charge < -0.3 is 15.2 Å². The number of ether oxygens (including phenoxy) is 2. The summed E-state index contributed by atoms with van der Waals surface area (Å²) in [5, 5.41) is 0. The Balaban J connectivity index is 0.00000180. The fourth-order valence-corrected chi connectivity index (χ4v) is 2.07. The smallest absolute Gasteiger partial charge is 0.308 e. The predicted octanol–water partition coefficient (Wildman–Crippen LogP) is 2.35. The first-order valence-corrected chi connectivity index (χ1v) is 6.35. The summed E-state index contributed by atoms with van der Waals surface area (Å²) in [6.45, 7) is 2.35. The number of hydrogen-bond acceptors (Lipinski definition) is 4. The second kappa shape index (κ2) is 7.48. The predicted molar refractivity (Wildman–Crippen MR) is 75.1 cm³/mol. The average Bonchev–Trinajstić information content (AvgIpc) is 2.50. The molecule has 106 valence electrons. The molecule has 4 nitrogen and oxygen atoms in total. The molecule has 0 aromatic heterocycles. The zero-order chi connectivity index (χ0) is 13.0. The van der Waals surface area contributed by atoms with Gasteiger partial charge in [-0.15, -0.1) is 12.4 Å². The van der Waals surface area contributed by atoms with Crippen LogP contribution in [0.5, 0.6) is 0 Å². The van der Waals surface area contributed by atoms with E-state index in [9.17, 15) is 4.79 Å². The molecule has 0 saturated heterocycles. The van der Waals surface area contributed by atoms with Gasteiger partial charge in [0.15, 0.2) is 0 Å². The van der Waals surface area contributed by atoms with E-state index in [1.165, 1.54) is 0 Å². The summed E-state index contributed by atoms with van der Waals surface area (Å²) >= 11 is 0. The van der Waals surface area contributed by atoms with E-state index in [4.69, 9.17) is 15.2 Å². The van der Waals surface area contributed by atoms with Crippen molar-refractivity contribution in [3.05, 3.63) is 35.4 Å². The first-order chi connectivity index (χ1) is 8.70. The van der Waals surface area contributed by atoms with Crippen LogP contribution in [-0.2, 0) is 20.7 Å². The Bertz CT molecular complexity index is 425. The molecule has 0 amide bonds. The summed E-state index contributed by atoms with van der Waals surface area (Å²) in [4.78, 5) is 11.6. The van der Waals surface area contributed by atoms with Gasteiger partial charge in [0.25, 0.3) is 0 Å². The number of carbonyl (C=O) groups excluding carboxylic acids is 1. The van der Waals surface area contributed by atoms with E-state index in [2.05, 4.69) is 0 Å². The van der Waals surface area contributed by atoms with Crippen LogP contribution in [0.15, 0.2) is 24.3 Å². The lowest BCUT2D eigenvalue weighted by molar-refractivity contribution is -0.181. The second-order valence-electron chi connectivity index (χ2n) is 4.57. The third kappa shape index (κ3) is 4.20. The Labute approximate surface area is 119 Å². The maximum absolute atomic E-state index is 11.6. The number of benzene rings is 1. The lowest BCUT2D eigenvalue weighted by atomic mass is 10.0. The molecule has 5 heteroatoms. The lowest BCUT2D eigenvalue weighted by Crippen LogP contribution is -2.27. The Hall–Kier alpha value is -1.10. The van der Waals surface area contributed by atoms with Crippen molar-refractivity contribution in [3.63, 3.8) is 0 Å². The first-order valence-electron chi connectivity index (χ1n) is 6.35. The molecule has 2 unspecified atom stereocenters. The highest BCUT2D eigenvalue weighted by Crippen LogP contribution is 2.27. The van der Waals surface area contributed by atoms with Gasteiger partial charge in [0.1, 0.15) is 0 Å². The van der Waals surface area contributed by atoms with Gasteiger partial charge in [-0.25, -0.2) is 0 Å². The third-order valence-corrected chi connectivity index (χ3v) is 2.95. The number of rotatable bonds is 3. The number of carbonyl (C=O) groups is 1. The number of halogens is 1. The highest BCUT2D eigenvalue weighted by Gasteiger charge is 2.25. The van der Waals surface area contributed by atoms with Crippen LogP contribution in [0.3, 0.4) is 0 Å². The van der Waals surface area contributed by atoms with Crippen LogP contribution >= 0.6 is 12.4 Å². The third-order valence-electron chi connectivity index (χ3n) is 2.95. The van der Waals surface area contributed by atoms with Gasteiger partial charge >= 0.3 is 5.97 Å². The van der Waals surface area contributed by atoms with Crippen molar-refractivity contribution < 1.29 is 14.3 Å². The number of nitrogens with two attached hydrogens (primary N) is 1. The monoisotopic (exact) mass is 285 g/mol. The molecule has 0 radical (unpaired) electrons. The molecule has 0 saturated carbocycles. The molecule has 19 heavy (non-hydrogen) atoms. The van der Waals surface area contributed by atoms with E-state index in [0.29, 0.717) is 13.0 Å². The van der Waals surface area contributed by atoms with Gasteiger partial charge in [0.05, 0.1) is 6.61 Å². The molecule has 0 aliphatic carbocycles. The molecule has 0 spiro atoms. The van der Waals surface area contributed by atoms with Crippen LogP contribution in [0.4, 0.5) is 0 Å². The maximum Gasteiger partial charge on any atom is 0.308 e. The fourth-order valence-electron chi connectivity index (χ4n) is 2.07. The molecule has 1 aromatic rings. The summed E-state index contributed by atoms with van der Waals surface area (Å²) < 4.78 is 11.0. The summed E-state index contributed by atoms with van der Waals surface area (Å²) in [7, 11) is 0. The van der Waals surface area contributed by atoms with Crippen LogP contribution in [0.1, 0.15) is 37.2 Å². The Morgan fingerprint density at radius 1 is 1.47 bits per heavy atom. The zero-order valence-electron chi connectivity index (χ0n) is 11.0. The second-order valence-corrected chi connectivity index (χ2v) is 4.57. The zero-order valence-corrected chi connectivity index (χ0v) is 11.8. The van der Waals surface area contributed by atoms with Crippen LogP contribution in [-0.4, -0.2) is 18.6 Å². The van der Waals surface area contributed by atoms with E-state index in [1.54, 1.807) is 0 Å². The highest BCUT2D eigenvalue weighted by molar-refractivity contribution is 5.85. The molecule has 1 aromatic carbocycles. The molecule has 1 aliphatic rings. The van der Waals surface area contributed by atoms with E-state index < -0.39 is 6.29 Å². The molecule has 2 rings (SSSR count). The number of fused-ring (bicyclic) bond motifs is 1. The van der Waals surface area contributed by atoms with Crippen molar-refractivity contribution in [1.29, 1.82) is 0 Å². The van der Waals surface area contributed by atoms with Gasteiger partial charge in [-0.1, -0.05) is 31.2 Å². The summed E-state index contributed by atoms with van der Waals surface area (Å²) in [5.41, 5.74) is 7.94. The van der Waals surface area contributed by atoms with E-state index in [1.807, 2.05) is 31.2 Å². The van der Waals surface area contributed by atoms with E-state index >= 15 is 0 Å². The standard InChI is InChI=1S/C14H19NO3.ClH/c1-2-5-13(16)18-14-12-7-4-3-6-10(12)8-11(15)9-17-14;/h3-4,6-7,11,14H,2,5,8-9,15H2,1H3;1H. The topological polar surface area (TPSA) is 61.5 Å². The Kier molecular flexibility index (Phi) is 6.28. The molecule has 2 N–H and O–H groups in total. The SMILES string of the molecule is CCCC(=O)OC1OCC(N)Cc2ccccc21.Cl. The van der Waals surface area contributed by atoms with Gasteiger partial charge in [-0.05, 0) is 18.4 Å². The van der Waals surface area contributed by atoms with Crippen molar-refractivity contribution in [2.75, 3.05) is 6.61 Å². The van der Waals surface area contributed by atoms with Gasteiger partial charge in [-0.3, -0.25) is 4.79 Å². The van der Waals surface area contributed by atoms with Crippen LogP contribution in [0, 0.1) is 0 Å². The maximum atomic E-state index is 11.6. The van der Waals surface area contributed by atoms with Gasteiger partial charge in [0.2, 0.25) is 6.29 Å². The molecular formula is C14H20ClNO3. The summed E-state index contributed by atoms with van der Waals surface area (Å²) in [6, 6.07) is 7.75. The van der Waals surface area contributed by atoms with Gasteiger partial charge in [0, 0.05) is 18.0 Å². The van der Waals surface area contributed by atoms with Crippen molar-refractivity contribution >= 4 is 18.4 Å². The lowest BCUT2D eigenvalue weighted by Gasteiger charge is -2.18. The minimum absolute atomic E-state index is 0. The summed E-state index contributed by atoms with van der Waals surface area (Å²) in [5.74, 6) is -0.229. The molecule has 1 heterocycles. The average molecular weight is 286 g/mol.